The number of fused-ring (bicyclic) bond motifs is 1. The molecule has 0 bridgehead atoms. The maximum atomic E-state index is 13.8. The zero-order valence-corrected chi connectivity index (χ0v) is 11.2. The van der Waals surface area contributed by atoms with Crippen LogP contribution in [0.3, 0.4) is 0 Å². The largest absolute Gasteiger partial charge is 0.271 e. The molecule has 3 N–H and O–H groups in total. The molecule has 0 radical (unpaired) electrons. The SMILES string of the molecule is NNC(Cc1ccccc1F)C1CCc2cccnc21. The van der Waals surface area contributed by atoms with Crippen LogP contribution in [0, 0.1) is 5.82 Å². The fourth-order valence-corrected chi connectivity index (χ4v) is 3.05. The molecule has 1 heterocycles. The van der Waals surface area contributed by atoms with Crippen LogP contribution in [0.2, 0.25) is 0 Å². The van der Waals surface area contributed by atoms with Crippen molar-refractivity contribution in [3.63, 3.8) is 0 Å². The summed E-state index contributed by atoms with van der Waals surface area (Å²) >= 11 is 0. The number of hydrogen-bond donors (Lipinski definition) is 2. The Morgan fingerprint density at radius 3 is 2.95 bits per heavy atom. The number of nitrogens with one attached hydrogen (secondary N) is 1. The number of benzene rings is 1. The van der Waals surface area contributed by atoms with Crippen LogP contribution in [0.5, 0.6) is 0 Å². The summed E-state index contributed by atoms with van der Waals surface area (Å²) in [6, 6.07) is 10.9. The first-order valence-corrected chi connectivity index (χ1v) is 6.93. The summed E-state index contributed by atoms with van der Waals surface area (Å²) in [5, 5.41) is 0. The summed E-state index contributed by atoms with van der Waals surface area (Å²) in [5.41, 5.74) is 5.94. The van der Waals surface area contributed by atoms with Crippen LogP contribution < -0.4 is 11.3 Å². The molecule has 104 valence electrons. The monoisotopic (exact) mass is 271 g/mol. The highest BCUT2D eigenvalue weighted by Crippen LogP contribution is 2.34. The molecule has 0 aliphatic heterocycles. The Bertz CT molecular complexity index is 600. The minimum atomic E-state index is -0.174. The second-order valence-electron chi connectivity index (χ2n) is 5.26. The molecule has 0 spiro atoms. The highest BCUT2D eigenvalue weighted by Gasteiger charge is 2.30. The summed E-state index contributed by atoms with van der Waals surface area (Å²) in [6.07, 6.45) is 4.41. The maximum Gasteiger partial charge on any atom is 0.126 e. The van der Waals surface area contributed by atoms with Gasteiger partial charge in [-0.1, -0.05) is 24.3 Å². The van der Waals surface area contributed by atoms with Gasteiger partial charge in [0, 0.05) is 23.9 Å². The van der Waals surface area contributed by atoms with Gasteiger partial charge in [-0.3, -0.25) is 16.3 Å². The van der Waals surface area contributed by atoms with E-state index in [1.807, 2.05) is 24.4 Å². The molecule has 0 amide bonds. The van der Waals surface area contributed by atoms with Crippen LogP contribution in [0.15, 0.2) is 42.6 Å². The van der Waals surface area contributed by atoms with Crippen molar-refractivity contribution in [2.24, 2.45) is 5.84 Å². The number of nitrogens with zero attached hydrogens (tertiary/aromatic N) is 1. The van der Waals surface area contributed by atoms with Crippen molar-refractivity contribution in [3.8, 4) is 0 Å². The fourth-order valence-electron chi connectivity index (χ4n) is 3.05. The van der Waals surface area contributed by atoms with Gasteiger partial charge in [0.15, 0.2) is 0 Å². The Labute approximate surface area is 118 Å². The molecule has 20 heavy (non-hydrogen) atoms. The fraction of sp³-hybridized carbons (Fsp3) is 0.312. The number of pyridine rings is 1. The van der Waals surface area contributed by atoms with E-state index in [4.69, 9.17) is 5.84 Å². The number of nitrogens with two attached hydrogens (primary N) is 1. The third kappa shape index (κ3) is 2.44. The van der Waals surface area contributed by atoms with Crippen LogP contribution >= 0.6 is 0 Å². The van der Waals surface area contributed by atoms with Crippen molar-refractivity contribution in [3.05, 3.63) is 65.2 Å². The number of aromatic nitrogens is 1. The maximum absolute atomic E-state index is 13.8. The van der Waals surface area contributed by atoms with Gasteiger partial charge >= 0.3 is 0 Å². The molecule has 4 heteroatoms. The van der Waals surface area contributed by atoms with Crippen molar-refractivity contribution >= 4 is 0 Å². The lowest BCUT2D eigenvalue weighted by Crippen LogP contribution is -2.41. The second-order valence-corrected chi connectivity index (χ2v) is 5.26. The average Bonchev–Trinajstić information content (AvgIpc) is 2.90. The molecule has 2 atom stereocenters. The van der Waals surface area contributed by atoms with Gasteiger partial charge in [-0.15, -0.1) is 0 Å². The lowest BCUT2D eigenvalue weighted by molar-refractivity contribution is 0.423. The predicted octanol–water partition coefficient (Wildman–Crippen LogP) is 2.33. The van der Waals surface area contributed by atoms with Gasteiger partial charge in [-0.05, 0) is 42.5 Å². The summed E-state index contributed by atoms with van der Waals surface area (Å²) in [7, 11) is 0. The quantitative estimate of drug-likeness (QED) is 0.663. The van der Waals surface area contributed by atoms with E-state index in [1.165, 1.54) is 11.6 Å². The first-order chi connectivity index (χ1) is 9.79. The van der Waals surface area contributed by atoms with Crippen molar-refractivity contribution in [1.29, 1.82) is 0 Å². The van der Waals surface area contributed by atoms with Gasteiger partial charge in [0.25, 0.3) is 0 Å². The summed E-state index contributed by atoms with van der Waals surface area (Å²) in [6.45, 7) is 0. The van der Waals surface area contributed by atoms with E-state index >= 15 is 0 Å². The van der Waals surface area contributed by atoms with E-state index in [1.54, 1.807) is 6.07 Å². The molecular formula is C16H18FN3. The van der Waals surface area contributed by atoms with Gasteiger partial charge in [0.2, 0.25) is 0 Å². The highest BCUT2D eigenvalue weighted by molar-refractivity contribution is 5.31. The van der Waals surface area contributed by atoms with E-state index in [2.05, 4.69) is 16.5 Å². The van der Waals surface area contributed by atoms with E-state index < -0.39 is 0 Å². The normalized spacial score (nSPS) is 18.8. The highest BCUT2D eigenvalue weighted by atomic mass is 19.1. The van der Waals surface area contributed by atoms with Crippen molar-refractivity contribution in [2.45, 2.75) is 31.2 Å². The molecule has 0 saturated heterocycles. The van der Waals surface area contributed by atoms with Crippen LogP contribution in [-0.4, -0.2) is 11.0 Å². The molecule has 3 nitrogen and oxygen atoms in total. The Morgan fingerprint density at radius 1 is 1.30 bits per heavy atom. The second kappa shape index (κ2) is 5.69. The van der Waals surface area contributed by atoms with E-state index in [0.717, 1.165) is 18.5 Å². The molecule has 0 fully saturated rings. The number of rotatable bonds is 4. The van der Waals surface area contributed by atoms with Crippen molar-refractivity contribution < 1.29 is 4.39 Å². The zero-order valence-electron chi connectivity index (χ0n) is 11.2. The standard InChI is InChI=1S/C16H18FN3/c17-14-6-2-1-4-12(14)10-15(20-18)13-8-7-11-5-3-9-19-16(11)13/h1-6,9,13,15,20H,7-8,10,18H2. The molecule has 1 aromatic heterocycles. The molecule has 2 unspecified atom stereocenters. The van der Waals surface area contributed by atoms with E-state index in [0.29, 0.717) is 12.0 Å². The van der Waals surface area contributed by atoms with Gasteiger partial charge in [0.05, 0.1) is 0 Å². The minimum Gasteiger partial charge on any atom is -0.271 e. The molecule has 1 aromatic carbocycles. The van der Waals surface area contributed by atoms with E-state index in [9.17, 15) is 4.39 Å². The molecule has 1 aliphatic carbocycles. The lowest BCUT2D eigenvalue weighted by atomic mass is 9.91. The number of halogens is 1. The van der Waals surface area contributed by atoms with Gasteiger partial charge in [-0.25, -0.2) is 4.39 Å². The molecule has 2 aromatic rings. The Kier molecular flexibility index (Phi) is 3.76. The smallest absolute Gasteiger partial charge is 0.126 e. The summed E-state index contributed by atoms with van der Waals surface area (Å²) < 4.78 is 13.8. The zero-order chi connectivity index (χ0) is 13.9. The van der Waals surface area contributed by atoms with Crippen LogP contribution in [0.4, 0.5) is 4.39 Å². The van der Waals surface area contributed by atoms with E-state index in [-0.39, 0.29) is 17.8 Å². The van der Waals surface area contributed by atoms with Gasteiger partial charge in [-0.2, -0.15) is 0 Å². The number of hydrogen-bond acceptors (Lipinski definition) is 3. The third-order valence-electron chi connectivity index (χ3n) is 4.10. The third-order valence-corrected chi connectivity index (χ3v) is 4.10. The Hall–Kier alpha value is -1.78. The molecule has 0 saturated carbocycles. The number of aryl methyl sites for hydroxylation is 1. The lowest BCUT2D eigenvalue weighted by Gasteiger charge is -2.23. The van der Waals surface area contributed by atoms with Crippen LogP contribution in [0.25, 0.3) is 0 Å². The van der Waals surface area contributed by atoms with Crippen LogP contribution in [0.1, 0.15) is 29.2 Å². The molecule has 1 aliphatic rings. The molecule has 3 rings (SSSR count). The average molecular weight is 271 g/mol. The van der Waals surface area contributed by atoms with Crippen molar-refractivity contribution in [2.75, 3.05) is 0 Å². The number of hydrazine groups is 1. The molecular weight excluding hydrogens is 253 g/mol. The van der Waals surface area contributed by atoms with Crippen molar-refractivity contribution in [1.82, 2.24) is 10.4 Å². The first-order valence-electron chi connectivity index (χ1n) is 6.93. The summed E-state index contributed by atoms with van der Waals surface area (Å²) in [4.78, 5) is 4.48. The topological polar surface area (TPSA) is 50.9 Å². The Balaban J connectivity index is 1.83. The minimum absolute atomic E-state index is 0.00282. The van der Waals surface area contributed by atoms with Crippen LogP contribution in [-0.2, 0) is 12.8 Å². The predicted molar refractivity (Wildman–Crippen MR) is 76.5 cm³/mol. The van der Waals surface area contributed by atoms with Gasteiger partial charge in [0.1, 0.15) is 5.82 Å². The Morgan fingerprint density at radius 2 is 2.15 bits per heavy atom. The summed E-state index contributed by atoms with van der Waals surface area (Å²) in [5.74, 6) is 5.78. The van der Waals surface area contributed by atoms with Gasteiger partial charge < -0.3 is 0 Å². The first kappa shape index (κ1) is 13.2.